The van der Waals surface area contributed by atoms with E-state index in [1.807, 2.05) is 6.07 Å². The van der Waals surface area contributed by atoms with Crippen LogP contribution in [0.25, 0.3) is 0 Å². The zero-order valence-corrected chi connectivity index (χ0v) is 13.9. The van der Waals surface area contributed by atoms with Crippen LogP contribution in [0.4, 0.5) is 4.79 Å². The molecule has 2 fully saturated rings. The number of amides is 3. The van der Waals surface area contributed by atoms with E-state index in [9.17, 15) is 9.59 Å². The van der Waals surface area contributed by atoms with Crippen LogP contribution >= 0.6 is 0 Å². The Morgan fingerprint density at radius 2 is 1.91 bits per heavy atom. The van der Waals surface area contributed by atoms with Gasteiger partial charge in [0.15, 0.2) is 0 Å². The molecule has 124 valence electrons. The van der Waals surface area contributed by atoms with Crippen LogP contribution in [0.3, 0.4) is 0 Å². The second-order valence-corrected chi connectivity index (χ2v) is 7.05. The number of nitrogens with one attached hydrogen (secondary N) is 1. The van der Waals surface area contributed by atoms with Crippen molar-refractivity contribution in [3.63, 3.8) is 0 Å². The summed E-state index contributed by atoms with van der Waals surface area (Å²) in [6.45, 7) is 5.85. The molecule has 3 amide bonds. The summed E-state index contributed by atoms with van der Waals surface area (Å²) in [6.07, 6.45) is 3.32. The van der Waals surface area contributed by atoms with Crippen molar-refractivity contribution in [2.75, 3.05) is 13.1 Å². The van der Waals surface area contributed by atoms with E-state index in [2.05, 4.69) is 34.5 Å². The van der Waals surface area contributed by atoms with Crippen LogP contribution in [0.5, 0.6) is 0 Å². The molecule has 1 aromatic rings. The third-order valence-electron chi connectivity index (χ3n) is 4.56. The Morgan fingerprint density at radius 1 is 1.22 bits per heavy atom. The number of imide groups is 1. The first-order valence-electron chi connectivity index (χ1n) is 8.39. The van der Waals surface area contributed by atoms with E-state index >= 15 is 0 Å². The minimum atomic E-state index is -0.767. The quantitative estimate of drug-likeness (QED) is 0.786. The molecule has 5 nitrogen and oxygen atoms in total. The lowest BCUT2D eigenvalue weighted by molar-refractivity contribution is -0.130. The number of urea groups is 1. The van der Waals surface area contributed by atoms with Gasteiger partial charge in [0.25, 0.3) is 5.91 Å². The van der Waals surface area contributed by atoms with Crippen molar-refractivity contribution >= 4 is 11.9 Å². The molecule has 0 atom stereocenters. The van der Waals surface area contributed by atoms with Crippen LogP contribution in [-0.4, -0.2) is 46.4 Å². The maximum Gasteiger partial charge on any atom is 0.325 e. The predicted octanol–water partition coefficient (Wildman–Crippen LogP) is 2.37. The number of benzene rings is 1. The van der Waals surface area contributed by atoms with Crippen LogP contribution < -0.4 is 5.32 Å². The van der Waals surface area contributed by atoms with Gasteiger partial charge in [0, 0.05) is 25.7 Å². The first-order valence-corrected chi connectivity index (χ1v) is 8.39. The molecule has 1 saturated heterocycles. The molecule has 0 unspecified atom stereocenters. The molecule has 1 aromatic carbocycles. The van der Waals surface area contributed by atoms with Crippen LogP contribution in [0.2, 0.25) is 0 Å². The fourth-order valence-corrected chi connectivity index (χ4v) is 3.10. The molecule has 0 radical (unpaired) electrons. The van der Waals surface area contributed by atoms with E-state index in [1.165, 1.54) is 23.3 Å². The zero-order valence-electron chi connectivity index (χ0n) is 13.9. The lowest BCUT2D eigenvalue weighted by Gasteiger charge is -2.23. The summed E-state index contributed by atoms with van der Waals surface area (Å²) in [5.41, 5.74) is 0.549. The van der Waals surface area contributed by atoms with E-state index in [4.69, 9.17) is 0 Å². The standard InChI is InChI=1S/C18H25N3O2/c1-18(2)16(22)21(17(23)19-18)12-6-11-20(15-9-10-15)13-14-7-4-3-5-8-14/h3-5,7-8,15H,6,9-13H2,1-2H3,(H,19,23). The Labute approximate surface area is 137 Å². The Balaban J connectivity index is 1.52. The summed E-state index contributed by atoms with van der Waals surface area (Å²) in [6, 6.07) is 10.9. The van der Waals surface area contributed by atoms with Gasteiger partial charge in [0.2, 0.25) is 0 Å². The predicted molar refractivity (Wildman–Crippen MR) is 88.8 cm³/mol. The molecule has 0 bridgehead atoms. The summed E-state index contributed by atoms with van der Waals surface area (Å²) in [5, 5.41) is 2.73. The van der Waals surface area contributed by atoms with Gasteiger partial charge in [-0.3, -0.25) is 14.6 Å². The van der Waals surface area contributed by atoms with Crippen molar-refractivity contribution in [3.05, 3.63) is 35.9 Å². The first kappa shape index (κ1) is 16.0. The largest absolute Gasteiger partial charge is 0.325 e. The van der Waals surface area contributed by atoms with E-state index < -0.39 is 5.54 Å². The van der Waals surface area contributed by atoms with Gasteiger partial charge in [-0.15, -0.1) is 0 Å². The van der Waals surface area contributed by atoms with Crippen molar-refractivity contribution < 1.29 is 9.59 Å². The fourth-order valence-electron chi connectivity index (χ4n) is 3.10. The summed E-state index contributed by atoms with van der Waals surface area (Å²) >= 11 is 0. The number of carbonyl (C=O) groups is 2. The molecule has 5 heteroatoms. The molecule has 23 heavy (non-hydrogen) atoms. The van der Waals surface area contributed by atoms with E-state index in [1.54, 1.807) is 13.8 Å². The Hall–Kier alpha value is -1.88. The summed E-state index contributed by atoms with van der Waals surface area (Å²) < 4.78 is 0. The van der Waals surface area contributed by atoms with Gasteiger partial charge in [-0.2, -0.15) is 0 Å². The molecule has 1 N–H and O–H groups in total. The molecule has 1 aliphatic carbocycles. The minimum absolute atomic E-state index is 0.122. The third kappa shape index (κ3) is 3.72. The second kappa shape index (κ2) is 6.32. The van der Waals surface area contributed by atoms with Gasteiger partial charge >= 0.3 is 6.03 Å². The van der Waals surface area contributed by atoms with Crippen molar-refractivity contribution in [1.82, 2.24) is 15.1 Å². The number of hydrogen-bond acceptors (Lipinski definition) is 3. The highest BCUT2D eigenvalue weighted by Crippen LogP contribution is 2.28. The number of rotatable bonds is 7. The van der Waals surface area contributed by atoms with Crippen LogP contribution in [0, 0.1) is 0 Å². The highest BCUT2D eigenvalue weighted by atomic mass is 16.2. The lowest BCUT2D eigenvalue weighted by Crippen LogP contribution is -2.40. The van der Waals surface area contributed by atoms with Gasteiger partial charge in [0.1, 0.15) is 5.54 Å². The molecular weight excluding hydrogens is 290 g/mol. The molecule has 1 saturated carbocycles. The van der Waals surface area contributed by atoms with Crippen molar-refractivity contribution in [2.45, 2.75) is 51.2 Å². The Bertz CT molecular complexity index is 581. The van der Waals surface area contributed by atoms with Crippen LogP contribution in [0.1, 0.15) is 38.7 Å². The molecule has 2 aliphatic rings. The number of hydrogen-bond donors (Lipinski definition) is 1. The zero-order chi connectivity index (χ0) is 16.4. The van der Waals surface area contributed by atoms with Crippen molar-refractivity contribution in [3.8, 4) is 0 Å². The summed E-state index contributed by atoms with van der Waals surface area (Å²) in [5.74, 6) is -0.122. The Morgan fingerprint density at radius 3 is 2.48 bits per heavy atom. The van der Waals surface area contributed by atoms with Crippen LogP contribution in [-0.2, 0) is 11.3 Å². The highest BCUT2D eigenvalue weighted by molar-refractivity contribution is 6.06. The van der Waals surface area contributed by atoms with Gasteiger partial charge in [0.05, 0.1) is 0 Å². The summed E-state index contributed by atoms with van der Waals surface area (Å²) in [7, 11) is 0. The van der Waals surface area contributed by atoms with Crippen LogP contribution in [0.15, 0.2) is 30.3 Å². The van der Waals surface area contributed by atoms with Gasteiger partial charge < -0.3 is 5.32 Å². The SMILES string of the molecule is CC1(C)NC(=O)N(CCCN(Cc2ccccc2)C2CC2)C1=O. The maximum absolute atomic E-state index is 12.2. The third-order valence-corrected chi connectivity index (χ3v) is 4.56. The normalized spacial score (nSPS) is 20.2. The maximum atomic E-state index is 12.2. The monoisotopic (exact) mass is 315 g/mol. The molecule has 1 heterocycles. The number of carbonyl (C=O) groups excluding carboxylic acids is 2. The average Bonchev–Trinajstić information content (AvgIpc) is 3.32. The first-order chi connectivity index (χ1) is 11.0. The Kier molecular flexibility index (Phi) is 4.39. The van der Waals surface area contributed by atoms with Crippen molar-refractivity contribution in [2.24, 2.45) is 0 Å². The van der Waals surface area contributed by atoms with Gasteiger partial charge in [-0.1, -0.05) is 30.3 Å². The minimum Gasteiger partial charge on any atom is -0.324 e. The van der Waals surface area contributed by atoms with Gasteiger partial charge in [-0.25, -0.2) is 4.79 Å². The van der Waals surface area contributed by atoms with E-state index in [-0.39, 0.29) is 11.9 Å². The van der Waals surface area contributed by atoms with E-state index in [0.717, 1.165) is 19.5 Å². The fraction of sp³-hybridized carbons (Fsp3) is 0.556. The molecule has 0 aromatic heterocycles. The summed E-state index contributed by atoms with van der Waals surface area (Å²) in [4.78, 5) is 27.9. The molecule has 0 spiro atoms. The second-order valence-electron chi connectivity index (χ2n) is 7.05. The molecule has 1 aliphatic heterocycles. The smallest absolute Gasteiger partial charge is 0.324 e. The lowest BCUT2D eigenvalue weighted by atomic mass is 10.1. The average molecular weight is 315 g/mol. The van der Waals surface area contributed by atoms with Crippen molar-refractivity contribution in [1.29, 1.82) is 0 Å². The topological polar surface area (TPSA) is 52.7 Å². The van der Waals surface area contributed by atoms with E-state index in [0.29, 0.717) is 12.6 Å². The molecular formula is C18H25N3O2. The molecule has 3 rings (SSSR count). The highest BCUT2D eigenvalue weighted by Gasteiger charge is 2.43. The van der Waals surface area contributed by atoms with Gasteiger partial charge in [-0.05, 0) is 38.7 Å². The number of nitrogens with zero attached hydrogens (tertiary/aromatic N) is 2.